The zero-order valence-corrected chi connectivity index (χ0v) is 15.1. The van der Waals surface area contributed by atoms with E-state index in [4.69, 9.17) is 0 Å². The van der Waals surface area contributed by atoms with Crippen LogP contribution in [-0.2, 0) is 19.4 Å². The molecular weight excluding hydrogens is 358 g/mol. The lowest BCUT2D eigenvalue weighted by molar-refractivity contribution is -0.133. The molecule has 1 aromatic rings. The fraction of sp³-hybridized carbons (Fsp3) is 0.412. The van der Waals surface area contributed by atoms with Gasteiger partial charge in [-0.05, 0) is 25.5 Å². The number of amides is 2. The largest absolute Gasteiger partial charge is 0.320 e. The van der Waals surface area contributed by atoms with E-state index >= 15 is 0 Å². The zero-order chi connectivity index (χ0) is 18.9. The van der Waals surface area contributed by atoms with E-state index in [0.29, 0.717) is 17.7 Å². The van der Waals surface area contributed by atoms with Gasteiger partial charge in [0.1, 0.15) is 5.71 Å². The van der Waals surface area contributed by atoms with E-state index in [0.717, 1.165) is 5.01 Å². The van der Waals surface area contributed by atoms with Gasteiger partial charge in [0.2, 0.25) is 5.91 Å². The van der Waals surface area contributed by atoms with Crippen LogP contribution in [-0.4, -0.2) is 54.3 Å². The van der Waals surface area contributed by atoms with Gasteiger partial charge in [0.25, 0.3) is 5.91 Å². The number of ketones is 1. The molecule has 2 aliphatic heterocycles. The summed E-state index contributed by atoms with van der Waals surface area (Å²) in [4.78, 5) is 36.3. The van der Waals surface area contributed by atoms with E-state index in [9.17, 15) is 22.8 Å². The minimum absolute atomic E-state index is 0.0183. The Labute approximate surface area is 151 Å². The third-order valence-corrected chi connectivity index (χ3v) is 6.18. The van der Waals surface area contributed by atoms with Crippen molar-refractivity contribution < 1.29 is 22.8 Å². The standard InChI is InChI=1S/C17H19N3O5S/c1-11(21)13-4-2-3-5-14(13)18-17(23)15-6-7-16(22)20(19-15)12-8-9-26(24,25)10-12/h2-5,12H,6-10H2,1H3,(H,18,23)/t12-/m1/s1. The van der Waals surface area contributed by atoms with Crippen molar-refractivity contribution in [2.45, 2.75) is 32.2 Å². The van der Waals surface area contributed by atoms with Crippen molar-refractivity contribution in [3.8, 4) is 0 Å². The number of sulfone groups is 1. The van der Waals surface area contributed by atoms with Crippen LogP contribution in [0.2, 0.25) is 0 Å². The van der Waals surface area contributed by atoms with Gasteiger partial charge in [-0.2, -0.15) is 5.10 Å². The molecule has 8 nitrogen and oxygen atoms in total. The fourth-order valence-corrected chi connectivity index (χ4v) is 4.77. The molecule has 0 aromatic heterocycles. The number of benzene rings is 1. The van der Waals surface area contributed by atoms with Gasteiger partial charge in [0.15, 0.2) is 15.6 Å². The Morgan fingerprint density at radius 2 is 1.96 bits per heavy atom. The quantitative estimate of drug-likeness (QED) is 0.786. The van der Waals surface area contributed by atoms with E-state index in [1.807, 2.05) is 0 Å². The van der Waals surface area contributed by atoms with E-state index < -0.39 is 21.8 Å². The van der Waals surface area contributed by atoms with Crippen molar-refractivity contribution in [3.05, 3.63) is 29.8 Å². The Kier molecular flexibility index (Phi) is 4.90. The highest BCUT2D eigenvalue weighted by Crippen LogP contribution is 2.23. The number of anilines is 1. The summed E-state index contributed by atoms with van der Waals surface area (Å²) in [6, 6.07) is 6.10. The third kappa shape index (κ3) is 3.82. The lowest BCUT2D eigenvalue weighted by Gasteiger charge is -2.27. The summed E-state index contributed by atoms with van der Waals surface area (Å²) in [6.45, 7) is 1.41. The number of hydrazone groups is 1. The molecule has 9 heteroatoms. The van der Waals surface area contributed by atoms with Gasteiger partial charge < -0.3 is 5.32 Å². The third-order valence-electron chi connectivity index (χ3n) is 4.43. The van der Waals surface area contributed by atoms with Crippen molar-refractivity contribution in [1.29, 1.82) is 0 Å². The van der Waals surface area contributed by atoms with Gasteiger partial charge in [-0.3, -0.25) is 14.4 Å². The SMILES string of the molecule is CC(=O)c1ccccc1NC(=O)C1=NN([C@@H]2CCS(=O)(=O)C2)C(=O)CC1. The highest BCUT2D eigenvalue weighted by atomic mass is 32.2. The summed E-state index contributed by atoms with van der Waals surface area (Å²) < 4.78 is 23.3. The smallest absolute Gasteiger partial charge is 0.271 e. The molecule has 1 atom stereocenters. The number of nitrogens with one attached hydrogen (secondary N) is 1. The molecule has 0 aliphatic carbocycles. The number of nitrogens with zero attached hydrogens (tertiary/aromatic N) is 2. The average Bonchev–Trinajstić information content (AvgIpc) is 2.95. The molecule has 1 aromatic carbocycles. The molecule has 0 unspecified atom stereocenters. The van der Waals surface area contributed by atoms with Crippen LogP contribution in [0.4, 0.5) is 5.69 Å². The van der Waals surface area contributed by atoms with Crippen molar-refractivity contribution in [2.75, 3.05) is 16.8 Å². The second-order valence-electron chi connectivity index (χ2n) is 6.40. The molecule has 2 amide bonds. The minimum atomic E-state index is -3.17. The van der Waals surface area contributed by atoms with E-state index in [1.54, 1.807) is 24.3 Å². The Bertz CT molecular complexity index is 907. The lowest BCUT2D eigenvalue weighted by atomic mass is 10.1. The number of carbonyl (C=O) groups excluding carboxylic acids is 3. The predicted octanol–water partition coefficient (Wildman–Crippen LogP) is 0.993. The highest BCUT2D eigenvalue weighted by Gasteiger charge is 2.37. The Hall–Kier alpha value is -2.55. The molecule has 2 heterocycles. The monoisotopic (exact) mass is 377 g/mol. The van der Waals surface area contributed by atoms with Gasteiger partial charge in [0.05, 0.1) is 23.2 Å². The summed E-state index contributed by atoms with van der Waals surface area (Å²) in [6.07, 6.45) is 0.583. The van der Waals surface area contributed by atoms with Gasteiger partial charge in [-0.25, -0.2) is 13.4 Å². The van der Waals surface area contributed by atoms with Crippen LogP contribution in [0.25, 0.3) is 0 Å². The highest BCUT2D eigenvalue weighted by molar-refractivity contribution is 7.91. The number of carbonyl (C=O) groups is 3. The topological polar surface area (TPSA) is 113 Å². The van der Waals surface area contributed by atoms with E-state index in [2.05, 4.69) is 10.4 Å². The van der Waals surface area contributed by atoms with Crippen LogP contribution in [0, 0.1) is 0 Å². The maximum Gasteiger partial charge on any atom is 0.271 e. The first kappa shape index (κ1) is 18.2. The maximum atomic E-state index is 12.5. The van der Waals surface area contributed by atoms with Crippen LogP contribution < -0.4 is 5.32 Å². The normalized spacial score (nSPS) is 22.0. The molecule has 26 heavy (non-hydrogen) atoms. The molecule has 1 N–H and O–H groups in total. The molecule has 0 radical (unpaired) electrons. The maximum absolute atomic E-state index is 12.5. The van der Waals surface area contributed by atoms with Gasteiger partial charge >= 0.3 is 0 Å². The van der Waals surface area contributed by atoms with Gasteiger partial charge in [0, 0.05) is 18.4 Å². The molecule has 0 bridgehead atoms. The first-order valence-electron chi connectivity index (χ1n) is 8.28. The van der Waals surface area contributed by atoms with Crippen molar-refractivity contribution >= 4 is 38.8 Å². The Balaban J connectivity index is 1.80. The zero-order valence-electron chi connectivity index (χ0n) is 14.3. The molecular formula is C17H19N3O5S. The second kappa shape index (κ2) is 6.99. The van der Waals surface area contributed by atoms with Crippen LogP contribution in [0.1, 0.15) is 36.5 Å². The molecule has 1 fully saturated rings. The minimum Gasteiger partial charge on any atom is -0.320 e. The molecule has 0 saturated carbocycles. The predicted molar refractivity (Wildman–Crippen MR) is 95.7 cm³/mol. The number of para-hydroxylation sites is 1. The van der Waals surface area contributed by atoms with Crippen LogP contribution >= 0.6 is 0 Å². The van der Waals surface area contributed by atoms with Crippen molar-refractivity contribution in [1.82, 2.24) is 5.01 Å². The summed E-state index contributed by atoms with van der Waals surface area (Å²) in [7, 11) is -3.17. The van der Waals surface area contributed by atoms with Crippen LogP contribution in [0.3, 0.4) is 0 Å². The van der Waals surface area contributed by atoms with Crippen LogP contribution in [0.15, 0.2) is 29.4 Å². The number of hydrogen-bond acceptors (Lipinski definition) is 6. The number of hydrogen-bond donors (Lipinski definition) is 1. The van der Waals surface area contributed by atoms with Crippen molar-refractivity contribution in [2.24, 2.45) is 5.10 Å². The average molecular weight is 377 g/mol. The second-order valence-corrected chi connectivity index (χ2v) is 8.63. The lowest BCUT2D eigenvalue weighted by Crippen LogP contribution is -2.42. The number of rotatable bonds is 4. The molecule has 0 spiro atoms. The van der Waals surface area contributed by atoms with Gasteiger partial charge in [-0.1, -0.05) is 12.1 Å². The Morgan fingerprint density at radius 3 is 2.62 bits per heavy atom. The Morgan fingerprint density at radius 1 is 1.23 bits per heavy atom. The number of Topliss-reactive ketones (excluding diaryl/α,β-unsaturated/α-hetero) is 1. The molecule has 1 saturated heterocycles. The molecule has 2 aliphatic rings. The first-order chi connectivity index (χ1) is 12.3. The molecule has 138 valence electrons. The van der Waals surface area contributed by atoms with E-state index in [1.165, 1.54) is 6.92 Å². The van der Waals surface area contributed by atoms with Crippen LogP contribution in [0.5, 0.6) is 0 Å². The summed E-state index contributed by atoms with van der Waals surface area (Å²) in [5.74, 6) is -1.08. The fourth-order valence-electron chi connectivity index (χ4n) is 3.08. The summed E-state index contributed by atoms with van der Waals surface area (Å²) >= 11 is 0. The summed E-state index contributed by atoms with van der Waals surface area (Å²) in [5.41, 5.74) is 0.902. The molecule has 3 rings (SSSR count). The van der Waals surface area contributed by atoms with Crippen molar-refractivity contribution in [3.63, 3.8) is 0 Å². The van der Waals surface area contributed by atoms with E-state index in [-0.39, 0.29) is 41.7 Å². The van der Waals surface area contributed by atoms with Gasteiger partial charge in [-0.15, -0.1) is 0 Å². The summed E-state index contributed by atoms with van der Waals surface area (Å²) in [5, 5.41) is 7.92. The first-order valence-corrected chi connectivity index (χ1v) is 10.1.